The van der Waals surface area contributed by atoms with Crippen LogP contribution in [0.2, 0.25) is 0 Å². The Labute approximate surface area is 393 Å². The standard InChI is InChI=1S/C43H62N20O5/c1-28(44)53-7-2-12-65-34-20-31(21-35(24-34)66-14-4-9-55-41(47)48)62-26-38(58-60-62)29-17-30(19-33(18-29)64-13-3-8-54-40(45)46)39-27-63(61-59-39)32-22-36(67-15-5-10-56-42(49)50)25-37(23-32)68-16-6-11-57-43(51)52/h17-27H,2-16H2,1H3,(H2,44,53)(H4,45,46,54)(H4,47,48,55)(H4,49,50,56)(H4,51,52,57). The fourth-order valence-corrected chi connectivity index (χ4v) is 6.09. The van der Waals surface area contributed by atoms with Gasteiger partial charge in [0.2, 0.25) is 0 Å². The largest absolute Gasteiger partial charge is 0.493 e. The van der Waals surface area contributed by atoms with Gasteiger partial charge < -0.3 is 75.3 Å². The highest BCUT2D eigenvalue weighted by Crippen LogP contribution is 2.33. The van der Waals surface area contributed by atoms with Crippen LogP contribution in [0.4, 0.5) is 0 Å². The van der Waals surface area contributed by atoms with E-state index in [9.17, 15) is 0 Å². The Morgan fingerprint density at radius 2 is 0.706 bits per heavy atom. The summed E-state index contributed by atoms with van der Waals surface area (Å²) in [7, 11) is 0. The summed E-state index contributed by atoms with van der Waals surface area (Å²) in [6, 6.07) is 16.6. The molecule has 0 bridgehead atoms. The van der Waals surface area contributed by atoms with E-state index in [4.69, 9.17) is 75.3 Å². The summed E-state index contributed by atoms with van der Waals surface area (Å²) in [5.74, 6) is 3.31. The van der Waals surface area contributed by atoms with Gasteiger partial charge in [-0.15, -0.1) is 10.2 Å². The molecular weight excluding hydrogens is 877 g/mol. The summed E-state index contributed by atoms with van der Waals surface area (Å²) in [5, 5.41) is 18.1. The van der Waals surface area contributed by atoms with Crippen molar-refractivity contribution in [3.05, 3.63) is 67.0 Å². The van der Waals surface area contributed by atoms with Gasteiger partial charge in [-0.2, -0.15) is 0 Å². The molecule has 5 aromatic rings. The lowest BCUT2D eigenvalue weighted by molar-refractivity contribution is 0.297. The van der Waals surface area contributed by atoms with Crippen LogP contribution in [0.1, 0.15) is 39.0 Å². The molecule has 3 aromatic carbocycles. The zero-order valence-corrected chi connectivity index (χ0v) is 38.1. The van der Waals surface area contributed by atoms with Gasteiger partial charge in [0.25, 0.3) is 0 Å². The minimum absolute atomic E-state index is 0.00729. The predicted octanol–water partition coefficient (Wildman–Crippen LogP) is 0.497. The molecule has 25 nitrogen and oxygen atoms in total. The van der Waals surface area contributed by atoms with Crippen LogP contribution in [0.5, 0.6) is 28.7 Å². The third-order valence-corrected chi connectivity index (χ3v) is 9.14. The average Bonchev–Trinajstić information content (AvgIpc) is 4.00. The minimum atomic E-state index is 0.00729. The molecule has 18 N–H and O–H groups in total. The summed E-state index contributed by atoms with van der Waals surface area (Å²) >= 11 is 0. The lowest BCUT2D eigenvalue weighted by Crippen LogP contribution is -2.23. The quantitative estimate of drug-likeness (QED) is 0.0179. The third-order valence-electron chi connectivity index (χ3n) is 9.14. The summed E-state index contributed by atoms with van der Waals surface area (Å²) in [5.41, 5.74) is 53.3. The fourth-order valence-electron chi connectivity index (χ4n) is 6.09. The molecule has 0 aliphatic carbocycles. The van der Waals surface area contributed by atoms with Crippen LogP contribution in [-0.2, 0) is 0 Å². The van der Waals surface area contributed by atoms with Crippen LogP contribution >= 0.6 is 0 Å². The van der Waals surface area contributed by atoms with E-state index in [-0.39, 0.29) is 23.8 Å². The van der Waals surface area contributed by atoms with Crippen molar-refractivity contribution in [1.29, 1.82) is 0 Å². The molecule has 2 aromatic heterocycles. The molecule has 0 spiro atoms. The van der Waals surface area contributed by atoms with Gasteiger partial charge >= 0.3 is 0 Å². The van der Waals surface area contributed by atoms with Gasteiger partial charge in [-0.1, -0.05) is 10.4 Å². The molecule has 2 heterocycles. The number of rotatable bonds is 29. The van der Waals surface area contributed by atoms with Gasteiger partial charge in [0.1, 0.15) is 40.1 Å². The predicted molar refractivity (Wildman–Crippen MR) is 263 cm³/mol. The Bertz CT molecular complexity index is 2270. The maximum absolute atomic E-state index is 6.22. The van der Waals surface area contributed by atoms with Crippen molar-refractivity contribution < 1.29 is 23.7 Å². The van der Waals surface area contributed by atoms with Crippen LogP contribution in [-0.4, -0.2) is 125 Å². The van der Waals surface area contributed by atoms with E-state index in [1.54, 1.807) is 40.8 Å². The van der Waals surface area contributed by atoms with Crippen molar-refractivity contribution in [2.45, 2.75) is 39.0 Å². The molecule has 0 radical (unpaired) electrons. The fraction of sp³-hybridized carbons (Fsp3) is 0.372. The molecule has 0 atom stereocenters. The highest BCUT2D eigenvalue weighted by Gasteiger charge is 2.16. The van der Waals surface area contributed by atoms with E-state index in [1.807, 2.05) is 42.5 Å². The molecule has 5 rings (SSSR count). The molecule has 0 aliphatic heterocycles. The Balaban J connectivity index is 1.44. The van der Waals surface area contributed by atoms with Crippen LogP contribution in [0.25, 0.3) is 33.9 Å². The van der Waals surface area contributed by atoms with E-state index >= 15 is 0 Å². The molecule has 0 saturated carbocycles. The van der Waals surface area contributed by atoms with Crippen molar-refractivity contribution in [2.75, 3.05) is 65.8 Å². The van der Waals surface area contributed by atoms with Gasteiger partial charge in [0.15, 0.2) is 23.8 Å². The number of hydrogen-bond donors (Lipinski definition) is 9. The first kappa shape index (κ1) is 50.5. The summed E-state index contributed by atoms with van der Waals surface area (Å²) in [4.78, 5) is 20.4. The molecule has 68 heavy (non-hydrogen) atoms. The molecule has 0 unspecified atom stereocenters. The SMILES string of the molecule is CC(N)=NCCCOc1cc(OCCCN=C(N)N)cc(-n2cc(-c3cc(OCCCN=C(N)N)cc(-c4cn(-c5cc(OCCCN=C(N)N)cc(OCCCN=C(N)N)c5)nn4)c3)nn2)c1. The Kier molecular flexibility index (Phi) is 19.6. The second-order valence-electron chi connectivity index (χ2n) is 14.9. The topological polar surface area (TPSA) is 404 Å². The Morgan fingerprint density at radius 1 is 0.412 bits per heavy atom. The van der Waals surface area contributed by atoms with Crippen LogP contribution in [0.15, 0.2) is 92.0 Å². The lowest BCUT2D eigenvalue weighted by atomic mass is 10.1. The van der Waals surface area contributed by atoms with Gasteiger partial charge in [-0.25, -0.2) is 9.36 Å². The van der Waals surface area contributed by atoms with Crippen LogP contribution in [0, 0.1) is 0 Å². The van der Waals surface area contributed by atoms with Crippen LogP contribution in [0.3, 0.4) is 0 Å². The average molecular weight is 939 g/mol. The smallest absolute Gasteiger partial charge is 0.185 e. The molecule has 25 heteroatoms. The number of hydrogen-bond acceptors (Lipinski definition) is 14. The Hall–Kier alpha value is -8.51. The van der Waals surface area contributed by atoms with E-state index in [1.165, 1.54) is 0 Å². The van der Waals surface area contributed by atoms with E-state index in [0.717, 1.165) is 0 Å². The number of ether oxygens (including phenoxy) is 5. The first-order valence-electron chi connectivity index (χ1n) is 21.7. The van der Waals surface area contributed by atoms with E-state index < -0.39 is 0 Å². The van der Waals surface area contributed by atoms with Crippen molar-refractivity contribution in [3.8, 4) is 62.6 Å². The van der Waals surface area contributed by atoms with Gasteiger partial charge in [0.05, 0.1) is 62.6 Å². The molecule has 0 aliphatic rings. The summed E-state index contributed by atoms with van der Waals surface area (Å²) < 4.78 is 33.8. The Morgan fingerprint density at radius 3 is 1.00 bits per heavy atom. The number of aliphatic imine (C=N–C) groups is 5. The minimum Gasteiger partial charge on any atom is -0.493 e. The molecule has 0 fully saturated rings. The monoisotopic (exact) mass is 939 g/mol. The number of nitrogens with zero attached hydrogens (tertiary/aromatic N) is 11. The number of benzene rings is 3. The van der Waals surface area contributed by atoms with Crippen molar-refractivity contribution in [1.82, 2.24) is 30.0 Å². The molecule has 0 amide bonds. The second kappa shape index (κ2) is 26.5. The van der Waals surface area contributed by atoms with Crippen molar-refractivity contribution in [3.63, 3.8) is 0 Å². The normalized spacial score (nSPS) is 11.0. The highest BCUT2D eigenvalue weighted by molar-refractivity contribution is 5.78. The molecular formula is C43H62N20O5. The number of amidine groups is 1. The van der Waals surface area contributed by atoms with Crippen molar-refractivity contribution in [2.24, 2.45) is 76.6 Å². The number of aromatic nitrogens is 6. The highest BCUT2D eigenvalue weighted by atomic mass is 16.5. The number of nitrogens with two attached hydrogens (primary N) is 9. The summed E-state index contributed by atoms with van der Waals surface area (Å²) in [6.07, 6.45) is 6.55. The first-order valence-corrected chi connectivity index (χ1v) is 21.7. The summed E-state index contributed by atoms with van der Waals surface area (Å²) in [6.45, 7) is 5.69. The van der Waals surface area contributed by atoms with Gasteiger partial charge in [0, 0.05) is 112 Å². The maximum atomic E-state index is 6.22. The second-order valence-corrected chi connectivity index (χ2v) is 14.9. The van der Waals surface area contributed by atoms with Crippen molar-refractivity contribution >= 4 is 29.7 Å². The van der Waals surface area contributed by atoms with Crippen LogP contribution < -0.4 is 75.3 Å². The maximum Gasteiger partial charge on any atom is 0.185 e. The zero-order chi connectivity index (χ0) is 48.7. The zero-order valence-electron chi connectivity index (χ0n) is 38.1. The van der Waals surface area contributed by atoms with Gasteiger partial charge in [-0.3, -0.25) is 25.0 Å². The lowest BCUT2D eigenvalue weighted by Gasteiger charge is -2.12. The third kappa shape index (κ3) is 17.8. The molecule has 0 saturated heterocycles. The van der Waals surface area contributed by atoms with E-state index in [2.05, 4.69) is 45.6 Å². The molecule has 364 valence electrons. The van der Waals surface area contributed by atoms with E-state index in [0.29, 0.717) is 166 Å². The first-order chi connectivity index (χ1) is 32.8. The van der Waals surface area contributed by atoms with Gasteiger partial charge in [-0.05, 0) is 25.1 Å². The number of guanidine groups is 4.